The van der Waals surface area contributed by atoms with Crippen LogP contribution in [0.15, 0.2) is 63.5 Å². The van der Waals surface area contributed by atoms with E-state index < -0.39 is 0 Å². The maximum absolute atomic E-state index is 13.0. The molecule has 2 aromatic carbocycles. The number of benzene rings is 2. The van der Waals surface area contributed by atoms with Crippen LogP contribution in [0.2, 0.25) is 0 Å². The van der Waals surface area contributed by atoms with E-state index in [9.17, 15) is 4.79 Å². The van der Waals surface area contributed by atoms with Gasteiger partial charge in [0.1, 0.15) is 22.8 Å². The highest BCUT2D eigenvalue weighted by atomic mass is 16.5. The van der Waals surface area contributed by atoms with Crippen molar-refractivity contribution in [2.45, 2.75) is 6.92 Å². The first-order valence-corrected chi connectivity index (χ1v) is 7.81. The van der Waals surface area contributed by atoms with E-state index in [0.29, 0.717) is 28.4 Å². The lowest BCUT2D eigenvalue weighted by Crippen LogP contribution is -2.02. The zero-order valence-corrected chi connectivity index (χ0v) is 13.8. The first-order chi connectivity index (χ1) is 12.2. The molecule has 2 aromatic heterocycles. The van der Waals surface area contributed by atoms with Crippen LogP contribution in [0.25, 0.3) is 22.2 Å². The van der Waals surface area contributed by atoms with E-state index in [1.54, 1.807) is 32.2 Å². The van der Waals surface area contributed by atoms with Crippen molar-refractivity contribution >= 4 is 16.8 Å². The average molecular weight is 333 g/mol. The predicted molar refractivity (Wildman–Crippen MR) is 92.9 cm³/mol. The number of furan rings is 1. The number of carbonyl (C=O) groups excluding carboxylic acids is 1. The van der Waals surface area contributed by atoms with Crippen LogP contribution in [0.3, 0.4) is 0 Å². The van der Waals surface area contributed by atoms with Crippen molar-refractivity contribution in [1.29, 1.82) is 0 Å². The van der Waals surface area contributed by atoms with E-state index >= 15 is 0 Å². The molecule has 25 heavy (non-hydrogen) atoms. The monoisotopic (exact) mass is 333 g/mol. The van der Waals surface area contributed by atoms with Crippen LogP contribution in [0.1, 0.15) is 21.9 Å². The molecule has 0 amide bonds. The minimum atomic E-state index is -0.257. The second-order valence-corrected chi connectivity index (χ2v) is 5.67. The molecule has 0 unspecified atom stereocenters. The zero-order chi connectivity index (χ0) is 17.4. The van der Waals surface area contributed by atoms with Gasteiger partial charge in [-0.25, -0.2) is 0 Å². The molecule has 2 heterocycles. The van der Waals surface area contributed by atoms with Crippen LogP contribution in [0.5, 0.6) is 5.75 Å². The molecule has 5 heteroatoms. The number of rotatable bonds is 4. The molecular formula is C20H15NO4. The van der Waals surface area contributed by atoms with Gasteiger partial charge in [-0.15, -0.1) is 0 Å². The normalized spacial score (nSPS) is 11.0. The summed E-state index contributed by atoms with van der Waals surface area (Å²) in [6.45, 7) is 1.72. The van der Waals surface area contributed by atoms with Gasteiger partial charge in [-0.3, -0.25) is 4.79 Å². The summed E-state index contributed by atoms with van der Waals surface area (Å²) in [6, 6.07) is 16.6. The van der Waals surface area contributed by atoms with Gasteiger partial charge in [-0.2, -0.15) is 0 Å². The molecular weight excluding hydrogens is 318 g/mol. The third kappa shape index (κ3) is 2.59. The van der Waals surface area contributed by atoms with Gasteiger partial charge in [-0.05, 0) is 31.2 Å². The number of methoxy groups -OCH3 is 1. The fraction of sp³-hybridized carbons (Fsp3) is 0.100. The predicted octanol–water partition coefficient (Wildman–Crippen LogP) is 4.64. The summed E-state index contributed by atoms with van der Waals surface area (Å²) in [5.41, 5.74) is 2.37. The van der Waals surface area contributed by atoms with E-state index in [0.717, 1.165) is 10.9 Å². The lowest BCUT2D eigenvalue weighted by molar-refractivity contribution is 0.101. The van der Waals surface area contributed by atoms with Gasteiger partial charge >= 0.3 is 0 Å². The molecule has 0 N–H and O–H groups in total. The smallest absolute Gasteiger partial charge is 0.234 e. The Morgan fingerprint density at radius 1 is 1.08 bits per heavy atom. The molecule has 0 saturated heterocycles. The Kier molecular flexibility index (Phi) is 3.61. The van der Waals surface area contributed by atoms with Crippen LogP contribution in [0, 0.1) is 6.92 Å². The molecule has 0 saturated carbocycles. The van der Waals surface area contributed by atoms with Gasteiger partial charge in [0.25, 0.3) is 0 Å². The van der Waals surface area contributed by atoms with Crippen molar-refractivity contribution in [3.63, 3.8) is 0 Å². The highest BCUT2D eigenvalue weighted by Gasteiger charge is 2.25. The molecule has 124 valence electrons. The van der Waals surface area contributed by atoms with Gasteiger partial charge in [0.15, 0.2) is 5.76 Å². The fourth-order valence-electron chi connectivity index (χ4n) is 2.82. The number of ketones is 1. The van der Waals surface area contributed by atoms with E-state index in [-0.39, 0.29) is 11.5 Å². The van der Waals surface area contributed by atoms with E-state index in [2.05, 4.69) is 5.16 Å². The summed E-state index contributed by atoms with van der Waals surface area (Å²) in [5.74, 6) is 1.15. The van der Waals surface area contributed by atoms with Crippen molar-refractivity contribution in [2.24, 2.45) is 0 Å². The molecule has 0 fully saturated rings. The van der Waals surface area contributed by atoms with Crippen LogP contribution >= 0.6 is 0 Å². The highest BCUT2D eigenvalue weighted by Crippen LogP contribution is 2.30. The number of aromatic nitrogens is 1. The number of hydrogen-bond acceptors (Lipinski definition) is 5. The van der Waals surface area contributed by atoms with Crippen LogP contribution < -0.4 is 4.74 Å². The summed E-state index contributed by atoms with van der Waals surface area (Å²) in [6.07, 6.45) is 0. The fourth-order valence-corrected chi connectivity index (χ4v) is 2.82. The maximum Gasteiger partial charge on any atom is 0.234 e. The van der Waals surface area contributed by atoms with Crippen molar-refractivity contribution in [1.82, 2.24) is 5.16 Å². The van der Waals surface area contributed by atoms with Gasteiger partial charge in [-0.1, -0.05) is 35.5 Å². The summed E-state index contributed by atoms with van der Waals surface area (Å²) in [5, 5.41) is 4.86. The molecule has 5 nitrogen and oxygen atoms in total. The molecule has 0 atom stereocenters. The Morgan fingerprint density at radius 3 is 2.64 bits per heavy atom. The third-order valence-electron chi connectivity index (χ3n) is 4.08. The number of aryl methyl sites for hydroxylation is 1. The van der Waals surface area contributed by atoms with Gasteiger partial charge in [0, 0.05) is 10.9 Å². The number of carbonyl (C=O) groups is 1. The Labute approximate surface area is 143 Å². The maximum atomic E-state index is 13.0. The third-order valence-corrected chi connectivity index (χ3v) is 4.08. The van der Waals surface area contributed by atoms with Crippen molar-refractivity contribution in [3.05, 3.63) is 71.7 Å². The van der Waals surface area contributed by atoms with Crippen molar-refractivity contribution < 1.29 is 18.5 Å². The largest absolute Gasteiger partial charge is 0.497 e. The van der Waals surface area contributed by atoms with Gasteiger partial charge in [0.05, 0.1) is 12.7 Å². The first-order valence-electron chi connectivity index (χ1n) is 7.81. The molecule has 0 spiro atoms. The average Bonchev–Trinajstić information content (AvgIpc) is 3.24. The quantitative estimate of drug-likeness (QED) is 0.509. The molecule has 0 bridgehead atoms. The number of ether oxygens (including phenoxy) is 1. The van der Waals surface area contributed by atoms with E-state index in [1.807, 2.05) is 36.4 Å². The minimum absolute atomic E-state index is 0.242. The van der Waals surface area contributed by atoms with Gasteiger partial charge in [0.2, 0.25) is 5.78 Å². The van der Waals surface area contributed by atoms with Crippen LogP contribution in [0.4, 0.5) is 0 Å². The second kappa shape index (κ2) is 5.94. The molecule has 0 aliphatic heterocycles. The van der Waals surface area contributed by atoms with Crippen LogP contribution in [-0.4, -0.2) is 18.0 Å². The summed E-state index contributed by atoms with van der Waals surface area (Å²) >= 11 is 0. The van der Waals surface area contributed by atoms with Gasteiger partial charge < -0.3 is 13.7 Å². The summed E-state index contributed by atoms with van der Waals surface area (Å²) in [4.78, 5) is 13.0. The molecule has 4 rings (SSSR count). The number of hydrogen-bond donors (Lipinski definition) is 0. The van der Waals surface area contributed by atoms with E-state index in [1.165, 1.54) is 0 Å². The Hall–Kier alpha value is -3.34. The molecule has 4 aromatic rings. The number of fused-ring (bicyclic) bond motifs is 1. The lowest BCUT2D eigenvalue weighted by Gasteiger charge is -2.00. The number of nitrogens with zero attached hydrogens (tertiary/aromatic N) is 1. The van der Waals surface area contributed by atoms with E-state index in [4.69, 9.17) is 13.7 Å². The minimum Gasteiger partial charge on any atom is -0.497 e. The second-order valence-electron chi connectivity index (χ2n) is 5.67. The Balaban J connectivity index is 1.81. The molecule has 0 radical (unpaired) electrons. The Morgan fingerprint density at radius 2 is 1.88 bits per heavy atom. The topological polar surface area (TPSA) is 65.5 Å². The lowest BCUT2D eigenvalue weighted by atomic mass is 10.0. The van der Waals surface area contributed by atoms with Crippen molar-refractivity contribution in [2.75, 3.05) is 7.11 Å². The first kappa shape index (κ1) is 15.2. The summed E-state index contributed by atoms with van der Waals surface area (Å²) < 4.78 is 16.2. The SMILES string of the molecule is COc1ccc2oc(C(=O)c3c(-c4ccccc4)noc3C)cc2c1. The molecule has 0 aliphatic carbocycles. The molecule has 0 aliphatic rings. The zero-order valence-electron chi connectivity index (χ0n) is 13.8. The standard InChI is InChI=1S/C20H15NO4/c1-12-18(19(21-25-12)13-6-4-3-5-7-13)20(22)17-11-14-10-15(23-2)8-9-16(14)24-17/h3-11H,1-2H3. The highest BCUT2D eigenvalue weighted by molar-refractivity contribution is 6.12. The van der Waals surface area contributed by atoms with Crippen molar-refractivity contribution in [3.8, 4) is 17.0 Å². The Bertz CT molecular complexity index is 1060. The summed E-state index contributed by atoms with van der Waals surface area (Å²) in [7, 11) is 1.60. The van der Waals surface area contributed by atoms with Crippen LogP contribution in [-0.2, 0) is 0 Å².